The Balaban J connectivity index is 2.68. The first kappa shape index (κ1) is 32.6. The van der Waals surface area contributed by atoms with E-state index in [2.05, 4.69) is 76.0 Å². The van der Waals surface area contributed by atoms with Crippen LogP contribution in [0, 0.1) is 0 Å². The van der Waals surface area contributed by atoms with Gasteiger partial charge in [-0.1, -0.05) is 0 Å². The van der Waals surface area contributed by atoms with Gasteiger partial charge in [-0.05, 0) is 0 Å². The molecule has 34 heavy (non-hydrogen) atoms. The molecular formula is C31H57Br2P. The second-order valence-electron chi connectivity index (χ2n) is 10.9. The zero-order valence-corrected chi connectivity index (χ0v) is 26.9. The first-order valence-electron chi connectivity index (χ1n) is 14.9. The van der Waals surface area contributed by atoms with Crippen LogP contribution in [0.15, 0.2) is 30.3 Å². The van der Waals surface area contributed by atoms with Gasteiger partial charge in [-0.25, -0.2) is 0 Å². The number of hydrogen-bond donors (Lipinski definition) is 0. The second kappa shape index (κ2) is 22.8. The molecule has 0 aliphatic carbocycles. The minimum absolute atomic E-state index is 0.501. The first-order valence-corrected chi connectivity index (χ1v) is 19.6. The topological polar surface area (TPSA) is 0 Å². The monoisotopic (exact) mass is 618 g/mol. The van der Waals surface area contributed by atoms with Crippen LogP contribution in [0.5, 0.6) is 0 Å². The van der Waals surface area contributed by atoms with E-state index in [1.165, 1.54) is 122 Å². The van der Waals surface area contributed by atoms with Crippen LogP contribution in [-0.4, -0.2) is 22.2 Å². The van der Waals surface area contributed by atoms with Crippen LogP contribution in [0.3, 0.4) is 0 Å². The number of benzene rings is 1. The summed E-state index contributed by atoms with van der Waals surface area (Å²) in [5, 5.41) is 0. The number of rotatable bonds is 24. The Morgan fingerprint density at radius 1 is 0.559 bits per heavy atom. The molecule has 0 spiro atoms. The molecule has 0 fully saturated rings. The van der Waals surface area contributed by atoms with Crippen molar-refractivity contribution >= 4 is 39.1 Å². The van der Waals surface area contributed by atoms with Crippen LogP contribution in [-0.2, 0) is 6.16 Å². The zero-order valence-electron chi connectivity index (χ0n) is 22.8. The molecule has 0 amide bonds. The third kappa shape index (κ3) is 17.9. The molecule has 0 aliphatic heterocycles. The summed E-state index contributed by atoms with van der Waals surface area (Å²) < 4.78 is 0.501. The molecule has 0 atom stereocenters. The second-order valence-corrected chi connectivity index (χ2v) is 19.2. The maximum atomic E-state index is 3.62. The molecular weight excluding hydrogens is 563 g/mol. The summed E-state index contributed by atoms with van der Waals surface area (Å²) in [5.74, 6) is 0. The van der Waals surface area contributed by atoms with Gasteiger partial charge in [-0.3, -0.25) is 0 Å². The van der Waals surface area contributed by atoms with Crippen LogP contribution in [0.2, 0.25) is 0 Å². The van der Waals surface area contributed by atoms with E-state index in [0.717, 1.165) is 0 Å². The fraction of sp³-hybridized carbons (Fsp3) is 0.806. The summed E-state index contributed by atoms with van der Waals surface area (Å²) in [4.78, 5) is 0. The summed E-state index contributed by atoms with van der Waals surface area (Å²) in [6.45, 7) is 4.66. The first-order chi connectivity index (χ1) is 16.6. The molecule has 3 heteroatoms. The fourth-order valence-corrected chi connectivity index (χ4v) is 11.6. The third-order valence-electron chi connectivity index (χ3n) is 7.67. The van der Waals surface area contributed by atoms with E-state index in [9.17, 15) is 0 Å². The predicted molar refractivity (Wildman–Crippen MR) is 169 cm³/mol. The summed E-state index contributed by atoms with van der Waals surface area (Å²) >= 11 is 7.25. The minimum atomic E-state index is -1.27. The number of alkyl halides is 2. The molecule has 0 heterocycles. The van der Waals surface area contributed by atoms with Gasteiger partial charge in [0, 0.05) is 0 Å². The van der Waals surface area contributed by atoms with Gasteiger partial charge in [0.1, 0.15) is 0 Å². The van der Waals surface area contributed by atoms with E-state index in [1.54, 1.807) is 24.0 Å². The van der Waals surface area contributed by atoms with Crippen molar-refractivity contribution in [3.05, 3.63) is 35.9 Å². The Labute approximate surface area is 231 Å². The Morgan fingerprint density at radius 3 is 1.41 bits per heavy atom. The molecule has 1 aromatic rings. The van der Waals surface area contributed by atoms with Crippen molar-refractivity contribution in [2.24, 2.45) is 0 Å². The van der Waals surface area contributed by atoms with Crippen molar-refractivity contribution in [3.63, 3.8) is 0 Å². The quantitative estimate of drug-likeness (QED) is 0.0613. The zero-order chi connectivity index (χ0) is 24.7. The Bertz CT molecular complexity index is 530. The molecule has 200 valence electrons. The average molecular weight is 621 g/mol. The van der Waals surface area contributed by atoms with Gasteiger partial charge in [0.05, 0.1) is 0 Å². The molecule has 0 unspecified atom stereocenters. The van der Waals surface area contributed by atoms with Crippen LogP contribution in [0.4, 0.5) is 0 Å². The van der Waals surface area contributed by atoms with E-state index >= 15 is 0 Å². The van der Waals surface area contributed by atoms with E-state index in [4.69, 9.17) is 0 Å². The van der Waals surface area contributed by atoms with E-state index in [0.29, 0.717) is 3.74 Å². The predicted octanol–water partition coefficient (Wildman–Crippen LogP) is 12.1. The van der Waals surface area contributed by atoms with Gasteiger partial charge in [-0.15, -0.1) is 0 Å². The van der Waals surface area contributed by atoms with Crippen LogP contribution in [0.1, 0.15) is 135 Å². The van der Waals surface area contributed by atoms with E-state index in [-0.39, 0.29) is 0 Å². The standard InChI is InChI=1S/C31H57Br2P/c1-3-5-7-9-13-20-26-34(27-21-14-10-8-6-4-2,29-30-23-17-16-18-24-30)28-22-15-11-12-19-25-31(32)33/h16-18,23-24,31,34H,3-15,19-22,25-29H2,1-2H3. The van der Waals surface area contributed by atoms with Gasteiger partial charge >= 0.3 is 233 Å². The van der Waals surface area contributed by atoms with Gasteiger partial charge in [0.2, 0.25) is 0 Å². The molecule has 0 aromatic heterocycles. The van der Waals surface area contributed by atoms with Crippen molar-refractivity contribution < 1.29 is 0 Å². The Hall–Kier alpha value is 0.610. The fourth-order valence-electron chi connectivity index (χ4n) is 5.56. The van der Waals surface area contributed by atoms with Crippen molar-refractivity contribution in [1.29, 1.82) is 0 Å². The maximum absolute atomic E-state index is 3.62. The molecule has 1 rings (SSSR count). The van der Waals surface area contributed by atoms with Crippen LogP contribution >= 0.6 is 39.1 Å². The van der Waals surface area contributed by atoms with Crippen molar-refractivity contribution in [3.8, 4) is 0 Å². The van der Waals surface area contributed by atoms with Crippen molar-refractivity contribution in [2.75, 3.05) is 18.5 Å². The summed E-state index contributed by atoms with van der Waals surface area (Å²) in [5.41, 5.74) is 1.63. The van der Waals surface area contributed by atoms with Crippen LogP contribution < -0.4 is 0 Å². The molecule has 0 radical (unpaired) electrons. The molecule has 0 aliphatic rings. The van der Waals surface area contributed by atoms with Crippen LogP contribution in [0.25, 0.3) is 0 Å². The van der Waals surface area contributed by atoms with Gasteiger partial charge in [0.25, 0.3) is 0 Å². The Kier molecular flexibility index (Phi) is 21.9. The molecule has 0 saturated heterocycles. The normalized spacial score (nSPS) is 12.5. The average Bonchev–Trinajstić information content (AvgIpc) is 2.83. The molecule has 1 aromatic carbocycles. The molecule has 0 N–H and O–H groups in total. The molecule has 0 bridgehead atoms. The van der Waals surface area contributed by atoms with E-state index < -0.39 is 7.26 Å². The number of halogens is 2. The van der Waals surface area contributed by atoms with Gasteiger partial charge < -0.3 is 0 Å². The Morgan fingerprint density at radius 2 is 0.971 bits per heavy atom. The van der Waals surface area contributed by atoms with Crippen molar-refractivity contribution in [1.82, 2.24) is 0 Å². The van der Waals surface area contributed by atoms with E-state index in [1.807, 2.05) is 0 Å². The SMILES string of the molecule is CCCCCCCC[PH](CCCCCCCC)(CCCCCCCC(Br)Br)Cc1ccccc1. The number of hydrogen-bond acceptors (Lipinski definition) is 0. The number of unbranched alkanes of at least 4 members (excludes halogenated alkanes) is 14. The summed E-state index contributed by atoms with van der Waals surface area (Å²) in [6.07, 6.45) is 31.9. The van der Waals surface area contributed by atoms with Crippen molar-refractivity contribution in [2.45, 2.75) is 139 Å². The van der Waals surface area contributed by atoms with Gasteiger partial charge in [-0.2, -0.15) is 0 Å². The van der Waals surface area contributed by atoms with Gasteiger partial charge in [0.15, 0.2) is 0 Å². The summed E-state index contributed by atoms with van der Waals surface area (Å²) in [6, 6.07) is 11.6. The third-order valence-corrected chi connectivity index (χ3v) is 14.0. The molecule has 0 nitrogen and oxygen atoms in total. The molecule has 0 saturated carbocycles. The summed E-state index contributed by atoms with van der Waals surface area (Å²) in [7, 11) is -1.27.